The number of ether oxygens (including phenoxy) is 1. The van der Waals surface area contributed by atoms with E-state index in [2.05, 4.69) is 4.72 Å². The molecule has 0 aliphatic carbocycles. The van der Waals surface area contributed by atoms with E-state index in [1.165, 1.54) is 24.3 Å². The summed E-state index contributed by atoms with van der Waals surface area (Å²) in [6, 6.07) is 21.5. The normalized spacial score (nSPS) is 11.9. The number of sulfone groups is 1. The van der Waals surface area contributed by atoms with Crippen molar-refractivity contribution >= 4 is 19.9 Å². The molecule has 1 N–H and O–H groups in total. The molecule has 0 aliphatic rings. The highest BCUT2D eigenvalue weighted by Crippen LogP contribution is 2.22. The van der Waals surface area contributed by atoms with E-state index in [1.807, 2.05) is 30.3 Å². The lowest BCUT2D eigenvalue weighted by molar-refractivity contribution is 0.482. The van der Waals surface area contributed by atoms with Gasteiger partial charge in [-0.15, -0.1) is 0 Å². The molecule has 3 aromatic carbocycles. The third-order valence-corrected chi connectivity index (χ3v) is 6.45. The Morgan fingerprint density at radius 3 is 2.00 bits per heavy atom. The second kappa shape index (κ2) is 8.14. The minimum Gasteiger partial charge on any atom is -0.457 e. The molecule has 0 saturated heterocycles. The lowest BCUT2D eigenvalue weighted by atomic mass is 10.2. The number of benzene rings is 3. The first-order valence-corrected chi connectivity index (χ1v) is 11.7. The summed E-state index contributed by atoms with van der Waals surface area (Å²) in [6.45, 7) is 0.0716. The van der Waals surface area contributed by atoms with Crippen molar-refractivity contribution in [2.75, 3.05) is 6.26 Å². The lowest BCUT2D eigenvalue weighted by Crippen LogP contribution is -2.23. The largest absolute Gasteiger partial charge is 0.457 e. The Kier molecular flexibility index (Phi) is 5.83. The quantitative estimate of drug-likeness (QED) is 0.637. The third-order valence-electron chi connectivity index (χ3n) is 3.91. The first kappa shape index (κ1) is 20.1. The van der Waals surface area contributed by atoms with Gasteiger partial charge in [-0.25, -0.2) is 21.6 Å². The molecule has 0 saturated carbocycles. The minimum absolute atomic E-state index is 0.00316. The molecule has 0 spiro atoms. The molecule has 0 fully saturated rings. The van der Waals surface area contributed by atoms with E-state index in [1.54, 1.807) is 24.3 Å². The molecule has 0 amide bonds. The van der Waals surface area contributed by atoms with Crippen molar-refractivity contribution in [3.63, 3.8) is 0 Å². The molecule has 3 rings (SSSR count). The van der Waals surface area contributed by atoms with Crippen LogP contribution in [0.25, 0.3) is 0 Å². The van der Waals surface area contributed by atoms with Gasteiger partial charge < -0.3 is 4.74 Å². The molecule has 8 heteroatoms. The topological polar surface area (TPSA) is 89.5 Å². The first-order chi connectivity index (χ1) is 13.2. The van der Waals surface area contributed by atoms with Crippen LogP contribution in [-0.4, -0.2) is 23.1 Å². The van der Waals surface area contributed by atoms with E-state index in [9.17, 15) is 16.8 Å². The van der Waals surface area contributed by atoms with Crippen LogP contribution in [0.3, 0.4) is 0 Å². The Bertz CT molecular complexity index is 1160. The van der Waals surface area contributed by atoms with Crippen molar-refractivity contribution in [1.29, 1.82) is 0 Å². The van der Waals surface area contributed by atoms with E-state index in [4.69, 9.17) is 4.74 Å². The predicted octanol–water partition coefficient (Wildman–Crippen LogP) is 3.36. The molecule has 0 atom stereocenters. The van der Waals surface area contributed by atoms with Gasteiger partial charge in [-0.2, -0.15) is 0 Å². The van der Waals surface area contributed by atoms with Crippen LogP contribution in [0.5, 0.6) is 11.5 Å². The van der Waals surface area contributed by atoms with Crippen LogP contribution < -0.4 is 9.46 Å². The minimum atomic E-state index is -3.78. The van der Waals surface area contributed by atoms with Crippen LogP contribution in [0.4, 0.5) is 0 Å². The van der Waals surface area contributed by atoms with Crippen molar-refractivity contribution < 1.29 is 21.6 Å². The van der Waals surface area contributed by atoms with Gasteiger partial charge in [0.25, 0.3) is 0 Å². The summed E-state index contributed by atoms with van der Waals surface area (Å²) in [5.41, 5.74) is 0.727. The van der Waals surface area contributed by atoms with Crippen molar-refractivity contribution in [3.8, 4) is 11.5 Å². The van der Waals surface area contributed by atoms with E-state index in [0.29, 0.717) is 11.5 Å². The number of hydrogen-bond donors (Lipinski definition) is 1. The van der Waals surface area contributed by atoms with Crippen molar-refractivity contribution in [2.24, 2.45) is 0 Å². The highest BCUT2D eigenvalue weighted by atomic mass is 32.2. The third kappa shape index (κ3) is 5.19. The van der Waals surface area contributed by atoms with Crippen LogP contribution in [0.15, 0.2) is 88.7 Å². The van der Waals surface area contributed by atoms with E-state index >= 15 is 0 Å². The van der Waals surface area contributed by atoms with Crippen molar-refractivity contribution in [1.82, 2.24) is 4.72 Å². The number of nitrogens with one attached hydrogen (secondary N) is 1. The summed E-state index contributed by atoms with van der Waals surface area (Å²) < 4.78 is 56.1. The summed E-state index contributed by atoms with van der Waals surface area (Å²) in [7, 11) is -7.16. The summed E-state index contributed by atoms with van der Waals surface area (Å²) in [5.74, 6) is 1.28. The molecular weight excluding hydrogens is 398 g/mol. The van der Waals surface area contributed by atoms with Gasteiger partial charge in [-0.3, -0.25) is 0 Å². The van der Waals surface area contributed by atoms with E-state index < -0.39 is 19.9 Å². The Hall–Kier alpha value is -2.68. The van der Waals surface area contributed by atoms with Crippen molar-refractivity contribution in [3.05, 3.63) is 84.4 Å². The van der Waals surface area contributed by atoms with Crippen LogP contribution in [-0.2, 0) is 26.4 Å². The summed E-state index contributed by atoms with van der Waals surface area (Å²) in [6.07, 6.45) is 1.07. The van der Waals surface area contributed by atoms with Gasteiger partial charge in [0.2, 0.25) is 10.0 Å². The average Bonchev–Trinajstić information content (AvgIpc) is 2.67. The summed E-state index contributed by atoms with van der Waals surface area (Å²) in [4.78, 5) is 0.0637. The molecule has 0 radical (unpaired) electrons. The van der Waals surface area contributed by atoms with Gasteiger partial charge in [0.05, 0.1) is 9.79 Å². The lowest BCUT2D eigenvalue weighted by Gasteiger charge is -2.10. The molecule has 28 heavy (non-hydrogen) atoms. The summed E-state index contributed by atoms with van der Waals surface area (Å²) in [5, 5.41) is 0. The van der Waals surface area contributed by atoms with Gasteiger partial charge in [-0.1, -0.05) is 30.3 Å². The number of hydrogen-bond acceptors (Lipinski definition) is 5. The molecular formula is C20H19NO5S2. The zero-order valence-electron chi connectivity index (χ0n) is 15.1. The Balaban J connectivity index is 1.70. The highest BCUT2D eigenvalue weighted by molar-refractivity contribution is 7.90. The smallest absolute Gasteiger partial charge is 0.240 e. The molecule has 3 aromatic rings. The van der Waals surface area contributed by atoms with Crippen LogP contribution >= 0.6 is 0 Å². The standard InChI is InChI=1S/C20H19NO5S2/c1-27(22,23)19-10-12-20(13-11-19)28(24,25)21-15-16-6-5-9-18(14-16)26-17-7-3-2-4-8-17/h2-14,21H,15H2,1H3. The van der Waals surface area contributed by atoms with Crippen LogP contribution in [0.1, 0.15) is 5.56 Å². The Labute approximate surface area is 164 Å². The molecule has 0 aliphatic heterocycles. The van der Waals surface area contributed by atoms with Gasteiger partial charge in [0.15, 0.2) is 9.84 Å². The SMILES string of the molecule is CS(=O)(=O)c1ccc(S(=O)(=O)NCc2cccc(Oc3ccccc3)c2)cc1. The summed E-state index contributed by atoms with van der Waals surface area (Å²) >= 11 is 0. The fourth-order valence-electron chi connectivity index (χ4n) is 2.47. The Morgan fingerprint density at radius 2 is 1.36 bits per heavy atom. The molecule has 0 bridgehead atoms. The number of sulfonamides is 1. The van der Waals surface area contributed by atoms with Gasteiger partial charge in [-0.05, 0) is 54.1 Å². The average molecular weight is 418 g/mol. The molecule has 0 unspecified atom stereocenters. The molecule has 0 aromatic heterocycles. The molecule has 146 valence electrons. The predicted molar refractivity (Wildman–Crippen MR) is 107 cm³/mol. The zero-order chi connectivity index (χ0) is 20.2. The van der Waals surface area contributed by atoms with Gasteiger partial charge >= 0.3 is 0 Å². The monoisotopic (exact) mass is 417 g/mol. The first-order valence-electron chi connectivity index (χ1n) is 8.36. The molecule has 6 nitrogen and oxygen atoms in total. The second-order valence-corrected chi connectivity index (χ2v) is 9.91. The van der Waals surface area contributed by atoms with Gasteiger partial charge in [0.1, 0.15) is 11.5 Å². The van der Waals surface area contributed by atoms with E-state index in [-0.39, 0.29) is 16.3 Å². The van der Waals surface area contributed by atoms with E-state index in [0.717, 1.165) is 11.8 Å². The fraction of sp³-hybridized carbons (Fsp3) is 0.100. The van der Waals surface area contributed by atoms with Crippen molar-refractivity contribution in [2.45, 2.75) is 16.3 Å². The number of rotatable bonds is 7. The highest BCUT2D eigenvalue weighted by Gasteiger charge is 2.15. The van der Waals surface area contributed by atoms with Crippen LogP contribution in [0, 0.1) is 0 Å². The fourth-order valence-corrected chi connectivity index (χ4v) is 4.12. The molecule has 0 heterocycles. The maximum absolute atomic E-state index is 12.5. The Morgan fingerprint density at radius 1 is 0.750 bits per heavy atom. The maximum atomic E-state index is 12.5. The second-order valence-electron chi connectivity index (χ2n) is 6.13. The zero-order valence-corrected chi connectivity index (χ0v) is 16.7. The maximum Gasteiger partial charge on any atom is 0.240 e. The number of para-hydroxylation sites is 1. The van der Waals surface area contributed by atoms with Gasteiger partial charge in [0, 0.05) is 12.8 Å². The van der Waals surface area contributed by atoms with Crippen LogP contribution in [0.2, 0.25) is 0 Å².